The van der Waals surface area contributed by atoms with Crippen molar-refractivity contribution >= 4 is 21.6 Å². The lowest BCUT2D eigenvalue weighted by molar-refractivity contribution is 0.102. The Bertz CT molecular complexity index is 856. The van der Waals surface area contributed by atoms with E-state index in [9.17, 15) is 18.0 Å². The Morgan fingerprint density at radius 3 is 2.62 bits per heavy atom. The number of amides is 1. The number of hydrogen-bond acceptors (Lipinski definition) is 4. The summed E-state index contributed by atoms with van der Waals surface area (Å²) >= 11 is 0. The second-order valence-electron chi connectivity index (χ2n) is 4.39. The van der Waals surface area contributed by atoms with Crippen LogP contribution in [0.4, 0.5) is 5.69 Å². The Balaban J connectivity index is 2.38. The Morgan fingerprint density at radius 2 is 2.00 bits per heavy atom. The average Bonchev–Trinajstić information content (AvgIpc) is 2.40. The molecule has 21 heavy (non-hydrogen) atoms. The maximum absolute atomic E-state index is 12.0. The number of hydrogen-bond donors (Lipinski definition) is 3. The summed E-state index contributed by atoms with van der Waals surface area (Å²) in [4.78, 5) is 25.8. The van der Waals surface area contributed by atoms with Gasteiger partial charge in [0.25, 0.3) is 11.5 Å². The molecule has 0 aliphatic rings. The van der Waals surface area contributed by atoms with Gasteiger partial charge in [-0.25, -0.2) is 13.6 Å². The number of benzene rings is 1. The minimum absolute atomic E-state index is 0.0714. The van der Waals surface area contributed by atoms with Gasteiger partial charge in [-0.05, 0) is 36.8 Å². The monoisotopic (exact) mass is 307 g/mol. The van der Waals surface area contributed by atoms with Gasteiger partial charge in [-0.2, -0.15) is 0 Å². The lowest BCUT2D eigenvalue weighted by Gasteiger charge is -2.09. The summed E-state index contributed by atoms with van der Waals surface area (Å²) in [6.07, 6.45) is 1.41. The third kappa shape index (κ3) is 3.36. The second-order valence-corrected chi connectivity index (χ2v) is 5.95. The van der Waals surface area contributed by atoms with Crippen molar-refractivity contribution in [1.29, 1.82) is 0 Å². The average molecular weight is 307 g/mol. The summed E-state index contributed by atoms with van der Waals surface area (Å²) in [5.41, 5.74) is 0.311. The van der Waals surface area contributed by atoms with Crippen molar-refractivity contribution in [1.82, 2.24) is 4.98 Å². The number of nitrogens with two attached hydrogens (primary N) is 1. The van der Waals surface area contributed by atoms with Gasteiger partial charge in [-0.3, -0.25) is 9.59 Å². The van der Waals surface area contributed by atoms with Gasteiger partial charge in [0.05, 0.1) is 4.90 Å². The summed E-state index contributed by atoms with van der Waals surface area (Å²) in [7, 11) is -3.87. The molecule has 4 N–H and O–H groups in total. The molecule has 0 aliphatic carbocycles. The lowest BCUT2D eigenvalue weighted by Crippen LogP contribution is -2.23. The van der Waals surface area contributed by atoms with E-state index < -0.39 is 21.5 Å². The van der Waals surface area contributed by atoms with Crippen LogP contribution in [0.15, 0.2) is 46.2 Å². The SMILES string of the molecule is Cc1ccc(S(N)(=O)=O)cc1NC(=O)c1ccc[nH]c1=O. The third-order valence-electron chi connectivity index (χ3n) is 2.85. The number of sulfonamides is 1. The molecular formula is C13H13N3O4S. The number of aromatic amines is 1. The molecule has 0 spiro atoms. The number of pyridine rings is 1. The topological polar surface area (TPSA) is 122 Å². The summed E-state index contributed by atoms with van der Waals surface area (Å²) < 4.78 is 22.6. The van der Waals surface area contributed by atoms with Crippen LogP contribution in [0, 0.1) is 6.92 Å². The molecule has 0 unspecified atom stereocenters. The number of nitrogens with one attached hydrogen (secondary N) is 2. The van der Waals surface area contributed by atoms with Crippen molar-refractivity contribution < 1.29 is 13.2 Å². The molecule has 0 fully saturated rings. The standard InChI is InChI=1S/C13H13N3O4S/c1-8-4-5-9(21(14,19)20)7-11(8)16-13(18)10-3-2-6-15-12(10)17/h2-7H,1H3,(H,15,17)(H,16,18)(H2,14,19,20). The van der Waals surface area contributed by atoms with E-state index in [-0.39, 0.29) is 16.1 Å². The number of carbonyl (C=O) groups is 1. The zero-order valence-electron chi connectivity index (χ0n) is 11.1. The lowest BCUT2D eigenvalue weighted by atomic mass is 10.2. The normalized spacial score (nSPS) is 11.1. The molecule has 0 saturated heterocycles. The summed E-state index contributed by atoms with van der Waals surface area (Å²) in [5.74, 6) is -0.633. The van der Waals surface area contributed by atoms with E-state index in [2.05, 4.69) is 10.3 Å². The number of carbonyl (C=O) groups excluding carboxylic acids is 1. The van der Waals surface area contributed by atoms with Crippen molar-refractivity contribution in [2.24, 2.45) is 5.14 Å². The first-order valence-corrected chi connectivity index (χ1v) is 7.46. The fourth-order valence-corrected chi connectivity index (χ4v) is 2.24. The van der Waals surface area contributed by atoms with Gasteiger partial charge in [-0.1, -0.05) is 6.07 Å². The number of rotatable bonds is 3. The molecule has 2 aromatic rings. The fourth-order valence-electron chi connectivity index (χ4n) is 1.70. The van der Waals surface area contributed by atoms with E-state index in [4.69, 9.17) is 5.14 Å². The van der Waals surface area contributed by atoms with Gasteiger partial charge in [-0.15, -0.1) is 0 Å². The van der Waals surface area contributed by atoms with Gasteiger partial charge in [0.1, 0.15) is 5.56 Å². The maximum Gasteiger partial charge on any atom is 0.261 e. The highest BCUT2D eigenvalue weighted by Gasteiger charge is 2.14. The van der Waals surface area contributed by atoms with E-state index in [0.717, 1.165) is 0 Å². The number of H-pyrrole nitrogens is 1. The molecule has 0 bridgehead atoms. The van der Waals surface area contributed by atoms with Crippen molar-refractivity contribution in [3.05, 3.63) is 58.0 Å². The molecule has 0 atom stereocenters. The maximum atomic E-state index is 12.0. The van der Waals surface area contributed by atoms with Crippen LogP contribution >= 0.6 is 0 Å². The number of primary sulfonamides is 1. The van der Waals surface area contributed by atoms with E-state index in [1.807, 2.05) is 0 Å². The largest absolute Gasteiger partial charge is 0.328 e. The highest BCUT2D eigenvalue weighted by atomic mass is 32.2. The van der Waals surface area contributed by atoms with Crippen LogP contribution in [0.2, 0.25) is 0 Å². The van der Waals surface area contributed by atoms with Gasteiger partial charge < -0.3 is 10.3 Å². The predicted octanol–water partition coefficient (Wildman–Crippen LogP) is 0.583. The summed E-state index contributed by atoms with van der Waals surface area (Å²) in [6, 6.07) is 7.00. The highest BCUT2D eigenvalue weighted by molar-refractivity contribution is 7.89. The Labute approximate surface area is 120 Å². The molecule has 0 saturated carbocycles. The second kappa shape index (κ2) is 5.51. The third-order valence-corrected chi connectivity index (χ3v) is 3.76. The molecule has 0 aliphatic heterocycles. The van der Waals surface area contributed by atoms with Crippen LogP contribution in [0.1, 0.15) is 15.9 Å². The van der Waals surface area contributed by atoms with Gasteiger partial charge in [0.15, 0.2) is 0 Å². The zero-order chi connectivity index (χ0) is 15.6. The first kappa shape index (κ1) is 14.9. The minimum Gasteiger partial charge on any atom is -0.328 e. The van der Waals surface area contributed by atoms with Crippen LogP contribution in [-0.2, 0) is 10.0 Å². The van der Waals surface area contributed by atoms with Crippen LogP contribution in [-0.4, -0.2) is 19.3 Å². The molecule has 0 radical (unpaired) electrons. The Hall–Kier alpha value is -2.45. The Kier molecular flexibility index (Phi) is 3.92. The highest BCUT2D eigenvalue weighted by Crippen LogP contribution is 2.19. The molecule has 2 rings (SSSR count). The first-order valence-electron chi connectivity index (χ1n) is 5.91. The van der Waals surface area contributed by atoms with Crippen molar-refractivity contribution in [2.45, 2.75) is 11.8 Å². The number of anilines is 1. The molecule has 110 valence electrons. The Morgan fingerprint density at radius 1 is 1.29 bits per heavy atom. The number of aryl methyl sites for hydroxylation is 1. The van der Waals surface area contributed by atoms with E-state index >= 15 is 0 Å². The molecule has 8 heteroatoms. The van der Waals surface area contributed by atoms with Gasteiger partial charge >= 0.3 is 0 Å². The first-order chi connectivity index (χ1) is 9.79. The van der Waals surface area contributed by atoms with Crippen molar-refractivity contribution in [3.63, 3.8) is 0 Å². The van der Waals surface area contributed by atoms with Gasteiger partial charge in [0.2, 0.25) is 10.0 Å². The molecule has 1 aromatic carbocycles. The van der Waals surface area contributed by atoms with Crippen molar-refractivity contribution in [3.8, 4) is 0 Å². The quantitative estimate of drug-likeness (QED) is 0.767. The molecular weight excluding hydrogens is 294 g/mol. The van der Waals surface area contributed by atoms with E-state index in [1.54, 1.807) is 6.92 Å². The van der Waals surface area contributed by atoms with Crippen LogP contribution in [0.25, 0.3) is 0 Å². The molecule has 7 nitrogen and oxygen atoms in total. The molecule has 1 aromatic heterocycles. The molecule has 1 amide bonds. The van der Waals surface area contributed by atoms with Gasteiger partial charge in [0, 0.05) is 11.9 Å². The summed E-state index contributed by atoms with van der Waals surface area (Å²) in [6.45, 7) is 1.69. The van der Waals surface area contributed by atoms with Crippen LogP contribution in [0.5, 0.6) is 0 Å². The van der Waals surface area contributed by atoms with E-state index in [0.29, 0.717) is 5.56 Å². The van der Waals surface area contributed by atoms with Crippen molar-refractivity contribution in [2.75, 3.05) is 5.32 Å². The number of aromatic nitrogens is 1. The zero-order valence-corrected chi connectivity index (χ0v) is 11.9. The summed E-state index contributed by atoms with van der Waals surface area (Å²) in [5, 5.41) is 7.55. The minimum atomic E-state index is -3.87. The smallest absolute Gasteiger partial charge is 0.261 e. The predicted molar refractivity (Wildman–Crippen MR) is 77.6 cm³/mol. The van der Waals surface area contributed by atoms with Crippen LogP contribution in [0.3, 0.4) is 0 Å². The molecule has 1 heterocycles. The van der Waals surface area contributed by atoms with E-state index in [1.165, 1.54) is 36.5 Å². The fraction of sp³-hybridized carbons (Fsp3) is 0.0769. The van der Waals surface area contributed by atoms with Crippen LogP contribution < -0.4 is 16.0 Å².